The zero-order chi connectivity index (χ0) is 11.6. The van der Waals surface area contributed by atoms with E-state index in [1.807, 2.05) is 0 Å². The summed E-state index contributed by atoms with van der Waals surface area (Å²) < 4.78 is 2.11. The van der Waals surface area contributed by atoms with Crippen LogP contribution in [0.2, 0.25) is 0 Å². The summed E-state index contributed by atoms with van der Waals surface area (Å²) in [5.74, 6) is 0. The molecule has 2 rings (SSSR count). The third-order valence-electron chi connectivity index (χ3n) is 3.54. The molecule has 3 heteroatoms. The van der Waals surface area contributed by atoms with Crippen molar-refractivity contribution in [1.82, 2.24) is 15.1 Å². The Kier molecular flexibility index (Phi) is 3.33. The van der Waals surface area contributed by atoms with Crippen LogP contribution in [-0.4, -0.2) is 16.3 Å². The van der Waals surface area contributed by atoms with Gasteiger partial charge in [-0.05, 0) is 37.7 Å². The van der Waals surface area contributed by atoms with Gasteiger partial charge in [-0.2, -0.15) is 5.10 Å². The zero-order valence-electron chi connectivity index (χ0n) is 10.7. The van der Waals surface area contributed by atoms with Crippen LogP contribution >= 0.6 is 0 Å². The Morgan fingerprint density at radius 3 is 2.75 bits per heavy atom. The Morgan fingerprint density at radius 1 is 1.44 bits per heavy atom. The maximum atomic E-state index is 4.55. The van der Waals surface area contributed by atoms with E-state index in [1.54, 1.807) is 0 Å². The molecule has 1 aromatic rings. The molecule has 1 saturated carbocycles. The lowest BCUT2D eigenvalue weighted by molar-refractivity contribution is 0.485. The molecule has 1 aromatic heterocycles. The molecule has 0 bridgehead atoms. The van der Waals surface area contributed by atoms with Gasteiger partial charge < -0.3 is 5.32 Å². The molecule has 90 valence electrons. The van der Waals surface area contributed by atoms with Crippen molar-refractivity contribution in [3.05, 3.63) is 17.5 Å². The van der Waals surface area contributed by atoms with Gasteiger partial charge in [-0.3, -0.25) is 4.68 Å². The number of aryl methyl sites for hydroxylation is 2. The fourth-order valence-electron chi connectivity index (χ4n) is 1.99. The first kappa shape index (κ1) is 11.6. The maximum absolute atomic E-state index is 4.55. The molecular weight excluding hydrogens is 198 g/mol. The smallest absolute Gasteiger partial charge is 0.0625 e. The van der Waals surface area contributed by atoms with E-state index < -0.39 is 0 Å². The van der Waals surface area contributed by atoms with Gasteiger partial charge in [0.25, 0.3) is 0 Å². The van der Waals surface area contributed by atoms with E-state index in [9.17, 15) is 0 Å². The van der Waals surface area contributed by atoms with Crippen molar-refractivity contribution < 1.29 is 0 Å². The third-order valence-corrected chi connectivity index (χ3v) is 3.54. The highest BCUT2D eigenvalue weighted by Gasteiger charge is 2.36. The van der Waals surface area contributed by atoms with Crippen LogP contribution < -0.4 is 5.32 Å². The summed E-state index contributed by atoms with van der Waals surface area (Å²) >= 11 is 0. The molecule has 16 heavy (non-hydrogen) atoms. The summed E-state index contributed by atoms with van der Waals surface area (Å²) in [5, 5.41) is 8.11. The van der Waals surface area contributed by atoms with Gasteiger partial charge in [0, 0.05) is 19.6 Å². The highest BCUT2D eigenvalue weighted by atomic mass is 15.3. The number of nitrogens with zero attached hydrogens (tertiary/aromatic N) is 2. The van der Waals surface area contributed by atoms with Crippen molar-refractivity contribution in [3.63, 3.8) is 0 Å². The number of hydrogen-bond acceptors (Lipinski definition) is 2. The van der Waals surface area contributed by atoms with Gasteiger partial charge in [-0.25, -0.2) is 0 Å². The normalized spacial score (nSPS) is 17.7. The van der Waals surface area contributed by atoms with E-state index in [2.05, 4.69) is 41.9 Å². The molecule has 3 nitrogen and oxygen atoms in total. The van der Waals surface area contributed by atoms with E-state index in [1.165, 1.54) is 24.2 Å². The van der Waals surface area contributed by atoms with E-state index >= 15 is 0 Å². The summed E-state index contributed by atoms with van der Waals surface area (Å²) in [7, 11) is 0. The predicted octanol–water partition coefficient (Wildman–Crippen LogP) is 2.36. The highest BCUT2D eigenvalue weighted by molar-refractivity contribution is 5.10. The van der Waals surface area contributed by atoms with Crippen LogP contribution in [0.4, 0.5) is 0 Å². The lowest BCUT2D eigenvalue weighted by atomic mass is 10.1. The molecule has 1 N–H and O–H groups in total. The maximum Gasteiger partial charge on any atom is 0.0625 e. The quantitative estimate of drug-likeness (QED) is 0.799. The van der Waals surface area contributed by atoms with Crippen molar-refractivity contribution in [2.45, 2.75) is 53.1 Å². The SMILES string of the molecule is CCc1cc(CNCC2(C)CC2)n(CC)n1. The lowest BCUT2D eigenvalue weighted by Gasteiger charge is -2.10. The van der Waals surface area contributed by atoms with Gasteiger partial charge in [0.1, 0.15) is 0 Å². The van der Waals surface area contributed by atoms with Crippen LogP contribution in [-0.2, 0) is 19.5 Å². The van der Waals surface area contributed by atoms with E-state index in [0.717, 1.165) is 26.1 Å². The van der Waals surface area contributed by atoms with Crippen molar-refractivity contribution in [3.8, 4) is 0 Å². The van der Waals surface area contributed by atoms with Crippen LogP contribution in [0.5, 0.6) is 0 Å². The molecule has 1 aliphatic rings. The Balaban J connectivity index is 1.89. The van der Waals surface area contributed by atoms with Gasteiger partial charge in [0.2, 0.25) is 0 Å². The molecule has 0 spiro atoms. The molecule has 0 radical (unpaired) electrons. The molecule has 1 heterocycles. The fraction of sp³-hybridized carbons (Fsp3) is 0.769. The summed E-state index contributed by atoms with van der Waals surface area (Å²) in [6.45, 7) is 9.73. The van der Waals surface area contributed by atoms with Crippen LogP contribution in [0.1, 0.15) is 45.0 Å². The molecule has 0 amide bonds. The van der Waals surface area contributed by atoms with Gasteiger partial charge >= 0.3 is 0 Å². The molecule has 0 saturated heterocycles. The van der Waals surface area contributed by atoms with Gasteiger partial charge in [-0.1, -0.05) is 13.8 Å². The Bertz CT molecular complexity index is 350. The van der Waals surface area contributed by atoms with Crippen LogP contribution in [0.15, 0.2) is 6.07 Å². The molecule has 0 aromatic carbocycles. The highest BCUT2D eigenvalue weighted by Crippen LogP contribution is 2.44. The van der Waals surface area contributed by atoms with E-state index in [-0.39, 0.29) is 0 Å². The first-order valence-electron chi connectivity index (χ1n) is 6.43. The molecule has 0 unspecified atom stereocenters. The fourth-order valence-corrected chi connectivity index (χ4v) is 1.99. The Morgan fingerprint density at radius 2 is 2.19 bits per heavy atom. The van der Waals surface area contributed by atoms with Gasteiger partial charge in [0.15, 0.2) is 0 Å². The van der Waals surface area contributed by atoms with E-state index in [4.69, 9.17) is 0 Å². The molecule has 1 aliphatic carbocycles. The average Bonchev–Trinajstić information content (AvgIpc) is 2.88. The minimum absolute atomic E-state index is 0.588. The number of hydrogen-bond donors (Lipinski definition) is 1. The second kappa shape index (κ2) is 4.58. The Hall–Kier alpha value is -0.830. The average molecular weight is 221 g/mol. The standard InChI is InChI=1S/C13H23N3/c1-4-11-8-12(16(5-2)15-11)9-14-10-13(3)6-7-13/h8,14H,4-7,9-10H2,1-3H3. The zero-order valence-corrected chi connectivity index (χ0v) is 10.7. The van der Waals surface area contributed by atoms with Crippen molar-refractivity contribution in [2.24, 2.45) is 5.41 Å². The second-order valence-electron chi connectivity index (χ2n) is 5.21. The van der Waals surface area contributed by atoms with Crippen molar-refractivity contribution >= 4 is 0 Å². The molecular formula is C13H23N3. The van der Waals surface area contributed by atoms with Crippen molar-refractivity contribution in [2.75, 3.05) is 6.54 Å². The van der Waals surface area contributed by atoms with Gasteiger partial charge in [0.05, 0.1) is 11.4 Å². The second-order valence-corrected chi connectivity index (χ2v) is 5.21. The summed E-state index contributed by atoms with van der Waals surface area (Å²) in [6.07, 6.45) is 3.79. The lowest BCUT2D eigenvalue weighted by Crippen LogP contribution is -2.23. The summed E-state index contributed by atoms with van der Waals surface area (Å²) in [6, 6.07) is 2.23. The van der Waals surface area contributed by atoms with Gasteiger partial charge in [-0.15, -0.1) is 0 Å². The van der Waals surface area contributed by atoms with Crippen LogP contribution in [0.3, 0.4) is 0 Å². The number of rotatable bonds is 6. The summed E-state index contributed by atoms with van der Waals surface area (Å²) in [4.78, 5) is 0. The van der Waals surface area contributed by atoms with Crippen LogP contribution in [0.25, 0.3) is 0 Å². The first-order valence-corrected chi connectivity index (χ1v) is 6.43. The number of nitrogens with one attached hydrogen (secondary N) is 1. The summed E-state index contributed by atoms with van der Waals surface area (Å²) in [5.41, 5.74) is 3.12. The molecule has 0 atom stereocenters. The Labute approximate surface area is 98.2 Å². The predicted molar refractivity (Wildman–Crippen MR) is 66.3 cm³/mol. The first-order chi connectivity index (χ1) is 7.67. The van der Waals surface area contributed by atoms with Crippen LogP contribution in [0, 0.1) is 5.41 Å². The third kappa shape index (κ3) is 2.64. The van der Waals surface area contributed by atoms with Crippen molar-refractivity contribution in [1.29, 1.82) is 0 Å². The topological polar surface area (TPSA) is 29.9 Å². The number of aromatic nitrogens is 2. The minimum Gasteiger partial charge on any atom is -0.311 e. The molecule has 0 aliphatic heterocycles. The largest absolute Gasteiger partial charge is 0.311 e. The van der Waals surface area contributed by atoms with E-state index in [0.29, 0.717) is 5.41 Å². The monoisotopic (exact) mass is 221 g/mol. The molecule has 1 fully saturated rings. The minimum atomic E-state index is 0.588.